The van der Waals surface area contributed by atoms with Gasteiger partial charge in [0.15, 0.2) is 0 Å². The molecule has 1 aromatic carbocycles. The summed E-state index contributed by atoms with van der Waals surface area (Å²) in [6.07, 6.45) is 1.70. The van der Waals surface area contributed by atoms with E-state index in [0.29, 0.717) is 28.8 Å². The molecule has 0 aliphatic carbocycles. The minimum Gasteiger partial charge on any atom is -0.439 e. The van der Waals surface area contributed by atoms with Crippen molar-refractivity contribution in [2.24, 2.45) is 0 Å². The Morgan fingerprint density at radius 2 is 2.00 bits per heavy atom. The summed E-state index contributed by atoms with van der Waals surface area (Å²) in [6, 6.07) is 10.4. The van der Waals surface area contributed by atoms with Gasteiger partial charge in [0.25, 0.3) is 0 Å². The van der Waals surface area contributed by atoms with Crippen molar-refractivity contribution in [1.29, 1.82) is 5.26 Å². The van der Waals surface area contributed by atoms with E-state index in [9.17, 15) is 0 Å². The minimum absolute atomic E-state index is 0.391. The van der Waals surface area contributed by atoms with Crippen LogP contribution in [-0.2, 0) is 6.42 Å². The number of rotatable bonds is 4. The minimum atomic E-state index is 0.391. The van der Waals surface area contributed by atoms with Crippen LogP contribution in [0.4, 0.5) is 5.82 Å². The summed E-state index contributed by atoms with van der Waals surface area (Å²) in [5.41, 5.74) is 6.30. The van der Waals surface area contributed by atoms with Crippen molar-refractivity contribution in [1.82, 2.24) is 9.97 Å². The molecule has 2 rings (SSSR count). The average Bonchev–Trinajstić information content (AvgIpc) is 2.39. The molecule has 0 unspecified atom stereocenters. The fourth-order valence-corrected chi connectivity index (χ4v) is 1.60. The number of hydrogen-bond acceptors (Lipinski definition) is 5. The van der Waals surface area contributed by atoms with Gasteiger partial charge in [-0.2, -0.15) is 10.2 Å². The van der Waals surface area contributed by atoms with Gasteiger partial charge in [-0.1, -0.05) is 6.92 Å². The zero-order chi connectivity index (χ0) is 13.7. The molecule has 0 amide bonds. The molecule has 0 spiro atoms. The van der Waals surface area contributed by atoms with Gasteiger partial charge in [-0.3, -0.25) is 0 Å². The molecule has 96 valence electrons. The van der Waals surface area contributed by atoms with Crippen molar-refractivity contribution < 1.29 is 4.74 Å². The first-order valence-corrected chi connectivity index (χ1v) is 6.02. The third kappa shape index (κ3) is 3.42. The molecule has 0 radical (unpaired) electrons. The summed E-state index contributed by atoms with van der Waals surface area (Å²) >= 11 is 0. The molecule has 0 fully saturated rings. The molecular formula is C14H14N4O. The Morgan fingerprint density at radius 3 is 2.63 bits per heavy atom. The van der Waals surface area contributed by atoms with Crippen LogP contribution < -0.4 is 10.5 Å². The maximum absolute atomic E-state index is 8.72. The highest BCUT2D eigenvalue weighted by atomic mass is 16.5. The predicted octanol–water partition coefficient (Wildman–Crippen LogP) is 2.68. The van der Waals surface area contributed by atoms with Gasteiger partial charge in [-0.25, -0.2) is 4.98 Å². The lowest BCUT2D eigenvalue weighted by Gasteiger charge is -2.07. The van der Waals surface area contributed by atoms with Gasteiger partial charge in [0, 0.05) is 12.5 Å². The molecule has 0 saturated carbocycles. The number of aryl methyl sites for hydroxylation is 1. The van der Waals surface area contributed by atoms with Crippen molar-refractivity contribution >= 4 is 5.82 Å². The van der Waals surface area contributed by atoms with Crippen molar-refractivity contribution in [3.8, 4) is 17.7 Å². The van der Waals surface area contributed by atoms with E-state index >= 15 is 0 Å². The van der Waals surface area contributed by atoms with Gasteiger partial charge in [0.2, 0.25) is 5.88 Å². The second kappa shape index (κ2) is 5.83. The molecule has 0 saturated heterocycles. The van der Waals surface area contributed by atoms with Crippen LogP contribution in [0, 0.1) is 11.3 Å². The van der Waals surface area contributed by atoms with E-state index in [1.165, 1.54) is 0 Å². The van der Waals surface area contributed by atoms with E-state index in [1.54, 1.807) is 30.3 Å². The SMILES string of the molecule is CCCc1nc(N)cc(Oc2ccc(C#N)cc2)n1. The standard InChI is InChI=1S/C14H14N4O/c1-2-3-13-17-12(16)8-14(18-13)19-11-6-4-10(9-15)5-7-11/h4-8H,2-3H2,1H3,(H2,16,17,18). The van der Waals surface area contributed by atoms with Crippen LogP contribution in [0.25, 0.3) is 0 Å². The second-order valence-electron chi connectivity index (χ2n) is 4.04. The molecule has 2 aromatic rings. The maximum atomic E-state index is 8.72. The molecule has 0 bridgehead atoms. The molecular weight excluding hydrogens is 240 g/mol. The third-order valence-corrected chi connectivity index (χ3v) is 2.45. The summed E-state index contributed by atoms with van der Waals surface area (Å²) in [6.45, 7) is 2.05. The number of nitrogens with zero attached hydrogens (tertiary/aromatic N) is 3. The quantitative estimate of drug-likeness (QED) is 0.906. The lowest BCUT2D eigenvalue weighted by atomic mass is 10.2. The summed E-state index contributed by atoms with van der Waals surface area (Å²) in [4.78, 5) is 8.42. The van der Waals surface area contributed by atoms with E-state index in [4.69, 9.17) is 15.7 Å². The van der Waals surface area contributed by atoms with Crippen LogP contribution in [0.1, 0.15) is 24.7 Å². The first kappa shape index (κ1) is 12.8. The number of hydrogen-bond donors (Lipinski definition) is 1. The second-order valence-corrected chi connectivity index (χ2v) is 4.04. The normalized spacial score (nSPS) is 9.89. The van der Waals surface area contributed by atoms with Crippen LogP contribution in [0.2, 0.25) is 0 Å². The Bertz CT molecular complexity index is 602. The summed E-state index contributed by atoms with van der Waals surface area (Å²) in [5, 5.41) is 8.72. The first-order valence-electron chi connectivity index (χ1n) is 6.02. The molecule has 0 atom stereocenters. The Kier molecular flexibility index (Phi) is 3.94. The zero-order valence-electron chi connectivity index (χ0n) is 10.6. The predicted molar refractivity (Wildman–Crippen MR) is 71.7 cm³/mol. The number of ether oxygens (including phenoxy) is 1. The molecule has 0 aliphatic heterocycles. The van der Waals surface area contributed by atoms with Gasteiger partial charge in [0.05, 0.1) is 11.6 Å². The van der Waals surface area contributed by atoms with Crippen molar-refractivity contribution in [3.05, 3.63) is 41.7 Å². The van der Waals surface area contributed by atoms with Gasteiger partial charge >= 0.3 is 0 Å². The molecule has 0 aliphatic rings. The largest absolute Gasteiger partial charge is 0.439 e. The molecule has 1 aromatic heterocycles. The Labute approximate surface area is 111 Å². The molecule has 1 heterocycles. The molecule has 5 heteroatoms. The molecule has 19 heavy (non-hydrogen) atoms. The topological polar surface area (TPSA) is 84.8 Å². The highest BCUT2D eigenvalue weighted by Crippen LogP contribution is 2.21. The average molecular weight is 254 g/mol. The molecule has 2 N–H and O–H groups in total. The number of benzene rings is 1. The third-order valence-electron chi connectivity index (χ3n) is 2.45. The Morgan fingerprint density at radius 1 is 1.26 bits per heavy atom. The number of aromatic nitrogens is 2. The fourth-order valence-electron chi connectivity index (χ4n) is 1.60. The van der Waals surface area contributed by atoms with Crippen LogP contribution in [0.15, 0.2) is 30.3 Å². The molecule has 5 nitrogen and oxygen atoms in total. The van der Waals surface area contributed by atoms with Crippen LogP contribution in [-0.4, -0.2) is 9.97 Å². The highest BCUT2D eigenvalue weighted by molar-refractivity contribution is 5.38. The van der Waals surface area contributed by atoms with Crippen molar-refractivity contribution in [2.45, 2.75) is 19.8 Å². The summed E-state index contributed by atoms with van der Waals surface area (Å²) in [7, 11) is 0. The number of nitrogen functional groups attached to an aromatic ring is 1. The van der Waals surface area contributed by atoms with Gasteiger partial charge in [-0.05, 0) is 30.7 Å². The number of nitrogens with two attached hydrogens (primary N) is 1. The Balaban J connectivity index is 2.20. The number of nitriles is 1. The fraction of sp³-hybridized carbons (Fsp3) is 0.214. The highest BCUT2D eigenvalue weighted by Gasteiger charge is 2.04. The smallest absolute Gasteiger partial charge is 0.224 e. The lowest BCUT2D eigenvalue weighted by Crippen LogP contribution is -2.01. The van der Waals surface area contributed by atoms with Crippen molar-refractivity contribution in [3.63, 3.8) is 0 Å². The van der Waals surface area contributed by atoms with E-state index < -0.39 is 0 Å². The zero-order valence-corrected chi connectivity index (χ0v) is 10.6. The Hall–Kier alpha value is -2.61. The van der Waals surface area contributed by atoms with Gasteiger partial charge < -0.3 is 10.5 Å². The lowest BCUT2D eigenvalue weighted by molar-refractivity contribution is 0.459. The van der Waals surface area contributed by atoms with Crippen molar-refractivity contribution in [2.75, 3.05) is 5.73 Å². The van der Waals surface area contributed by atoms with Gasteiger partial charge in [0.1, 0.15) is 17.4 Å². The monoisotopic (exact) mass is 254 g/mol. The van der Waals surface area contributed by atoms with E-state index in [2.05, 4.69) is 16.0 Å². The van der Waals surface area contributed by atoms with Crippen LogP contribution in [0.3, 0.4) is 0 Å². The van der Waals surface area contributed by atoms with Gasteiger partial charge in [-0.15, -0.1) is 0 Å². The summed E-state index contributed by atoms with van der Waals surface area (Å²) < 4.78 is 5.61. The van der Waals surface area contributed by atoms with E-state index in [0.717, 1.165) is 12.8 Å². The van der Waals surface area contributed by atoms with Crippen LogP contribution >= 0.6 is 0 Å². The number of anilines is 1. The maximum Gasteiger partial charge on any atom is 0.224 e. The van der Waals surface area contributed by atoms with E-state index in [-0.39, 0.29) is 0 Å². The summed E-state index contributed by atoms with van der Waals surface area (Å²) in [5.74, 6) is 2.09. The van der Waals surface area contributed by atoms with Crippen LogP contribution in [0.5, 0.6) is 11.6 Å². The first-order chi connectivity index (χ1) is 9.21. The van der Waals surface area contributed by atoms with E-state index in [1.807, 2.05) is 6.92 Å².